The number of nitrogens with zero attached hydrogens (tertiary/aromatic N) is 2. The molecule has 7 heteroatoms. The lowest BCUT2D eigenvalue weighted by atomic mass is 9.70. The molecule has 2 aromatic rings. The first-order chi connectivity index (χ1) is 13.1. The number of aromatic amines is 1. The quantitative estimate of drug-likeness (QED) is 0.266. The number of rotatable bonds is 6. The van der Waals surface area contributed by atoms with Crippen molar-refractivity contribution in [1.82, 2.24) is 15.4 Å². The molecule has 6 nitrogen and oxygen atoms in total. The van der Waals surface area contributed by atoms with E-state index >= 15 is 0 Å². The Labute approximate surface area is 159 Å². The van der Waals surface area contributed by atoms with Crippen LogP contribution in [0.2, 0.25) is 0 Å². The number of aromatic nitrogens is 2. The third-order valence-electron chi connectivity index (χ3n) is 7.08. The SMILES string of the molecule is CCCN/N=C(\c1c(BO)cnc2[nH]ccc12)C1C2CC3CC1C(O)(C3)C2. The highest BCUT2D eigenvalue weighted by Crippen LogP contribution is 2.63. The van der Waals surface area contributed by atoms with Gasteiger partial charge >= 0.3 is 7.48 Å². The topological polar surface area (TPSA) is 93.5 Å². The Morgan fingerprint density at radius 3 is 3.11 bits per heavy atom. The second kappa shape index (κ2) is 6.35. The second-order valence-electron chi connectivity index (χ2n) is 8.70. The maximum atomic E-state index is 11.2. The van der Waals surface area contributed by atoms with Gasteiger partial charge in [0.25, 0.3) is 0 Å². The molecular formula is C20H27BN4O2. The Morgan fingerprint density at radius 1 is 1.44 bits per heavy atom. The van der Waals surface area contributed by atoms with Gasteiger partial charge in [-0.25, -0.2) is 4.98 Å². The molecule has 4 bridgehead atoms. The summed E-state index contributed by atoms with van der Waals surface area (Å²) in [5.74, 6) is 1.66. The second-order valence-corrected chi connectivity index (χ2v) is 8.70. The van der Waals surface area contributed by atoms with Crippen molar-refractivity contribution in [2.45, 2.75) is 44.6 Å². The number of hydrogen-bond donors (Lipinski definition) is 4. The summed E-state index contributed by atoms with van der Waals surface area (Å²) in [6.45, 7) is 2.94. The molecule has 0 aromatic carbocycles. The van der Waals surface area contributed by atoms with Crippen molar-refractivity contribution in [3.05, 3.63) is 24.0 Å². The summed E-state index contributed by atoms with van der Waals surface area (Å²) in [7, 11) is -0.0643. The molecule has 0 aliphatic heterocycles. The lowest BCUT2D eigenvalue weighted by Gasteiger charge is -2.33. The molecule has 5 unspecified atom stereocenters. The lowest BCUT2D eigenvalue weighted by molar-refractivity contribution is 0.00919. The van der Waals surface area contributed by atoms with Crippen molar-refractivity contribution in [3.8, 4) is 0 Å². The molecular weight excluding hydrogens is 339 g/mol. The maximum absolute atomic E-state index is 11.2. The van der Waals surface area contributed by atoms with Crippen molar-refractivity contribution in [2.75, 3.05) is 6.54 Å². The van der Waals surface area contributed by atoms with Gasteiger partial charge in [0.05, 0.1) is 11.3 Å². The molecule has 27 heavy (non-hydrogen) atoms. The van der Waals surface area contributed by atoms with E-state index < -0.39 is 5.60 Å². The molecule has 4 aliphatic rings. The summed E-state index contributed by atoms with van der Waals surface area (Å²) >= 11 is 0. The standard InChI is InChI=1S/C20H27BN4O2/c1-2-4-24-25-18(16-12-6-11-7-14(16)20(26,8-11)9-12)17-13-3-5-22-19(13)23-10-15(17)21-27/h3,5,10-12,14,16,21,24,26-27H,2,4,6-9H2,1H3,(H,22,23)/b25-18-. The van der Waals surface area contributed by atoms with Gasteiger partial charge in [-0.05, 0) is 61.4 Å². The summed E-state index contributed by atoms with van der Waals surface area (Å²) in [4.78, 5) is 7.63. The van der Waals surface area contributed by atoms with Crippen LogP contribution in [0.15, 0.2) is 23.6 Å². The molecule has 4 aliphatic carbocycles. The fourth-order valence-corrected chi connectivity index (χ4v) is 6.21. The van der Waals surface area contributed by atoms with E-state index in [-0.39, 0.29) is 19.3 Å². The van der Waals surface area contributed by atoms with Crippen molar-refractivity contribution < 1.29 is 10.1 Å². The number of hydrogen-bond acceptors (Lipinski definition) is 5. The van der Waals surface area contributed by atoms with E-state index in [9.17, 15) is 10.1 Å². The zero-order chi connectivity index (χ0) is 18.6. The molecule has 0 saturated heterocycles. The normalized spacial score (nSPS) is 34.6. The van der Waals surface area contributed by atoms with Gasteiger partial charge in [-0.15, -0.1) is 0 Å². The molecule has 5 atom stereocenters. The Balaban J connectivity index is 1.65. The van der Waals surface area contributed by atoms with Crippen molar-refractivity contribution >= 4 is 29.7 Å². The van der Waals surface area contributed by atoms with Crippen LogP contribution in [-0.2, 0) is 0 Å². The largest absolute Gasteiger partial charge is 0.449 e. The number of pyridine rings is 1. The first kappa shape index (κ1) is 17.3. The summed E-state index contributed by atoms with van der Waals surface area (Å²) in [6, 6.07) is 2.02. The monoisotopic (exact) mass is 366 g/mol. The molecule has 142 valence electrons. The highest BCUT2D eigenvalue weighted by atomic mass is 16.3. The maximum Gasteiger partial charge on any atom is 0.307 e. The smallest absolute Gasteiger partial charge is 0.307 e. The van der Waals surface area contributed by atoms with E-state index in [4.69, 9.17) is 5.10 Å². The Hall–Kier alpha value is -1.86. The molecule has 4 saturated carbocycles. The van der Waals surface area contributed by atoms with Crippen molar-refractivity contribution in [2.24, 2.45) is 28.8 Å². The van der Waals surface area contributed by atoms with Crippen LogP contribution in [0.3, 0.4) is 0 Å². The van der Waals surface area contributed by atoms with Gasteiger partial charge < -0.3 is 20.5 Å². The highest BCUT2D eigenvalue weighted by molar-refractivity contribution is 6.49. The van der Waals surface area contributed by atoms with Crippen LogP contribution in [0.5, 0.6) is 0 Å². The zero-order valence-electron chi connectivity index (χ0n) is 15.8. The Bertz CT molecular complexity index is 897. The fraction of sp³-hybridized carbons (Fsp3) is 0.600. The minimum atomic E-state index is -0.520. The molecule has 0 radical (unpaired) electrons. The molecule has 0 spiro atoms. The third kappa shape index (κ3) is 2.55. The Morgan fingerprint density at radius 2 is 2.33 bits per heavy atom. The molecule has 4 fully saturated rings. The van der Waals surface area contributed by atoms with Crippen LogP contribution in [0.25, 0.3) is 11.0 Å². The van der Waals surface area contributed by atoms with E-state index in [0.717, 1.165) is 60.0 Å². The van der Waals surface area contributed by atoms with Crippen LogP contribution >= 0.6 is 0 Å². The number of fused-ring (bicyclic) bond motifs is 1. The fourth-order valence-electron chi connectivity index (χ4n) is 6.21. The molecule has 2 heterocycles. The number of hydrazone groups is 1. The van der Waals surface area contributed by atoms with Gasteiger partial charge in [-0.3, -0.25) is 0 Å². The van der Waals surface area contributed by atoms with Crippen LogP contribution in [0.4, 0.5) is 0 Å². The van der Waals surface area contributed by atoms with E-state index in [1.54, 1.807) is 6.20 Å². The summed E-state index contributed by atoms with van der Waals surface area (Å²) in [5, 5.41) is 27.1. The average molecular weight is 366 g/mol. The van der Waals surface area contributed by atoms with Gasteiger partial charge in [0.2, 0.25) is 0 Å². The summed E-state index contributed by atoms with van der Waals surface area (Å²) in [6.07, 6.45) is 8.77. The predicted octanol–water partition coefficient (Wildman–Crippen LogP) is 1.03. The third-order valence-corrected chi connectivity index (χ3v) is 7.08. The summed E-state index contributed by atoms with van der Waals surface area (Å²) in [5.41, 5.74) is 6.35. The summed E-state index contributed by atoms with van der Waals surface area (Å²) < 4.78 is 0. The van der Waals surface area contributed by atoms with Gasteiger partial charge in [-0.1, -0.05) is 6.92 Å². The minimum Gasteiger partial charge on any atom is -0.449 e. The first-order valence-corrected chi connectivity index (χ1v) is 10.2. The van der Waals surface area contributed by atoms with E-state index in [1.807, 2.05) is 12.3 Å². The van der Waals surface area contributed by atoms with E-state index in [1.165, 1.54) is 6.42 Å². The lowest BCUT2D eigenvalue weighted by Crippen LogP contribution is -2.37. The number of aliphatic hydroxyl groups is 1. The average Bonchev–Trinajstić information content (AvgIpc) is 3.27. The van der Waals surface area contributed by atoms with Gasteiger partial charge in [0.1, 0.15) is 5.65 Å². The van der Waals surface area contributed by atoms with E-state index in [0.29, 0.717) is 11.8 Å². The number of H-pyrrole nitrogens is 1. The predicted molar refractivity (Wildman–Crippen MR) is 107 cm³/mol. The molecule has 2 aromatic heterocycles. The van der Waals surface area contributed by atoms with Crippen LogP contribution in [0.1, 0.15) is 44.6 Å². The van der Waals surface area contributed by atoms with Gasteiger partial charge in [0, 0.05) is 35.8 Å². The van der Waals surface area contributed by atoms with Crippen LogP contribution in [-0.4, -0.2) is 45.4 Å². The van der Waals surface area contributed by atoms with Crippen LogP contribution < -0.4 is 10.9 Å². The van der Waals surface area contributed by atoms with Crippen molar-refractivity contribution in [1.29, 1.82) is 0 Å². The van der Waals surface area contributed by atoms with Crippen LogP contribution in [0, 0.1) is 23.7 Å². The number of nitrogens with one attached hydrogen (secondary N) is 2. The molecule has 0 amide bonds. The Kier molecular flexibility index (Phi) is 4.06. The van der Waals surface area contributed by atoms with Gasteiger partial charge in [0.15, 0.2) is 0 Å². The zero-order valence-corrected chi connectivity index (χ0v) is 15.8. The van der Waals surface area contributed by atoms with Gasteiger partial charge in [-0.2, -0.15) is 5.10 Å². The van der Waals surface area contributed by atoms with Crippen molar-refractivity contribution in [3.63, 3.8) is 0 Å². The highest BCUT2D eigenvalue weighted by Gasteiger charge is 2.63. The first-order valence-electron chi connectivity index (χ1n) is 10.2. The minimum absolute atomic E-state index is 0.0643. The molecule has 4 N–H and O–H groups in total. The van der Waals surface area contributed by atoms with E-state index in [2.05, 4.69) is 22.3 Å². The molecule has 6 rings (SSSR count).